The second kappa shape index (κ2) is 5.11. The SMILES string of the molecule is Nc1cccc(S(=O)(=O)c2ccc3c4c(oc3c2)CNCC4)c1. The van der Waals surface area contributed by atoms with Gasteiger partial charge >= 0.3 is 0 Å². The van der Waals surface area contributed by atoms with Crippen LogP contribution in [0.5, 0.6) is 0 Å². The van der Waals surface area contributed by atoms with E-state index in [9.17, 15) is 8.42 Å². The summed E-state index contributed by atoms with van der Waals surface area (Å²) >= 11 is 0. The van der Waals surface area contributed by atoms with Crippen molar-refractivity contribution in [1.82, 2.24) is 5.32 Å². The molecule has 1 aliphatic heterocycles. The van der Waals surface area contributed by atoms with E-state index in [1.165, 1.54) is 11.6 Å². The maximum Gasteiger partial charge on any atom is 0.206 e. The van der Waals surface area contributed by atoms with Gasteiger partial charge in [0.2, 0.25) is 9.84 Å². The molecule has 2 aromatic carbocycles. The Morgan fingerprint density at radius 3 is 2.74 bits per heavy atom. The summed E-state index contributed by atoms with van der Waals surface area (Å²) in [5.74, 6) is 0.893. The number of nitrogen functional groups attached to an aromatic ring is 1. The molecule has 5 nitrogen and oxygen atoms in total. The van der Waals surface area contributed by atoms with Crippen molar-refractivity contribution in [2.45, 2.75) is 22.8 Å². The lowest BCUT2D eigenvalue weighted by molar-refractivity contribution is 0.487. The van der Waals surface area contributed by atoms with Crippen LogP contribution in [0.15, 0.2) is 56.7 Å². The molecule has 2 heterocycles. The predicted octanol–water partition coefficient (Wildman–Crippen LogP) is 2.49. The van der Waals surface area contributed by atoms with Crippen LogP contribution in [0, 0.1) is 0 Å². The Morgan fingerprint density at radius 1 is 1.09 bits per heavy atom. The van der Waals surface area contributed by atoms with Gasteiger partial charge in [-0.25, -0.2) is 8.42 Å². The van der Waals surface area contributed by atoms with Gasteiger partial charge < -0.3 is 15.5 Å². The normalized spacial score (nSPS) is 14.8. The Labute approximate surface area is 134 Å². The maximum atomic E-state index is 12.8. The lowest BCUT2D eigenvalue weighted by Crippen LogP contribution is -2.22. The van der Waals surface area contributed by atoms with Gasteiger partial charge in [0.15, 0.2) is 0 Å². The van der Waals surface area contributed by atoms with Gasteiger partial charge in [-0.3, -0.25) is 0 Å². The number of hydrogen-bond donors (Lipinski definition) is 2. The van der Waals surface area contributed by atoms with Crippen LogP contribution < -0.4 is 11.1 Å². The van der Waals surface area contributed by atoms with Gasteiger partial charge in [0.05, 0.1) is 16.3 Å². The second-order valence-electron chi connectivity index (χ2n) is 5.66. The van der Waals surface area contributed by atoms with Gasteiger partial charge in [0.25, 0.3) is 0 Å². The third kappa shape index (κ3) is 2.31. The van der Waals surface area contributed by atoms with Crippen LogP contribution in [0.3, 0.4) is 0 Å². The number of benzene rings is 2. The fraction of sp³-hybridized carbons (Fsp3) is 0.176. The lowest BCUT2D eigenvalue weighted by atomic mass is 10.1. The number of anilines is 1. The number of sulfone groups is 1. The minimum Gasteiger partial charge on any atom is -0.459 e. The van der Waals surface area contributed by atoms with Crippen molar-refractivity contribution in [3.63, 3.8) is 0 Å². The summed E-state index contributed by atoms with van der Waals surface area (Å²) in [5.41, 5.74) is 7.91. The maximum absolute atomic E-state index is 12.8. The average Bonchev–Trinajstić information content (AvgIpc) is 2.92. The summed E-state index contributed by atoms with van der Waals surface area (Å²) in [6, 6.07) is 11.4. The number of rotatable bonds is 2. The molecule has 0 aliphatic carbocycles. The Bertz CT molecular complexity index is 1010. The summed E-state index contributed by atoms with van der Waals surface area (Å²) in [6.45, 7) is 1.59. The van der Waals surface area contributed by atoms with E-state index < -0.39 is 9.84 Å². The molecule has 0 atom stereocenters. The quantitative estimate of drug-likeness (QED) is 0.706. The zero-order valence-electron chi connectivity index (χ0n) is 12.4. The Hall–Kier alpha value is -2.31. The zero-order valence-corrected chi connectivity index (χ0v) is 13.2. The van der Waals surface area contributed by atoms with Crippen LogP contribution >= 0.6 is 0 Å². The van der Waals surface area contributed by atoms with Crippen LogP contribution in [0.25, 0.3) is 11.0 Å². The summed E-state index contributed by atoms with van der Waals surface area (Å²) in [4.78, 5) is 0.407. The second-order valence-corrected chi connectivity index (χ2v) is 7.61. The number of hydrogen-bond acceptors (Lipinski definition) is 5. The molecule has 0 spiro atoms. The van der Waals surface area contributed by atoms with Crippen molar-refractivity contribution in [2.24, 2.45) is 0 Å². The molecular weight excluding hydrogens is 312 g/mol. The van der Waals surface area contributed by atoms with Gasteiger partial charge in [0, 0.05) is 22.7 Å². The first-order valence-electron chi connectivity index (χ1n) is 7.41. The van der Waals surface area contributed by atoms with E-state index in [0.29, 0.717) is 17.8 Å². The fourth-order valence-electron chi connectivity index (χ4n) is 3.00. The molecule has 4 rings (SSSR count). The standard InChI is InChI=1S/C17H16N2O3S/c18-11-2-1-3-12(8-11)23(20,21)13-4-5-14-15-6-7-19-10-17(15)22-16(14)9-13/h1-5,8-9,19H,6-7,10,18H2. The molecule has 0 amide bonds. The smallest absolute Gasteiger partial charge is 0.206 e. The molecule has 23 heavy (non-hydrogen) atoms. The van der Waals surface area contributed by atoms with Crippen molar-refractivity contribution < 1.29 is 12.8 Å². The molecular formula is C17H16N2O3S. The highest BCUT2D eigenvalue weighted by atomic mass is 32.2. The molecule has 118 valence electrons. The molecule has 0 bridgehead atoms. The fourth-order valence-corrected chi connectivity index (χ4v) is 4.33. The van der Waals surface area contributed by atoms with E-state index in [1.54, 1.807) is 30.3 Å². The van der Waals surface area contributed by atoms with E-state index in [-0.39, 0.29) is 9.79 Å². The molecule has 0 unspecified atom stereocenters. The molecule has 3 N–H and O–H groups in total. The Balaban J connectivity index is 1.86. The number of fused-ring (bicyclic) bond motifs is 3. The van der Waals surface area contributed by atoms with E-state index in [4.69, 9.17) is 10.2 Å². The first-order valence-corrected chi connectivity index (χ1v) is 8.90. The minimum atomic E-state index is -3.61. The molecule has 0 radical (unpaired) electrons. The Kier molecular flexibility index (Phi) is 3.18. The largest absolute Gasteiger partial charge is 0.459 e. The van der Waals surface area contributed by atoms with Crippen molar-refractivity contribution >= 4 is 26.5 Å². The average molecular weight is 328 g/mol. The van der Waals surface area contributed by atoms with Gasteiger partial charge in [-0.1, -0.05) is 6.07 Å². The van der Waals surface area contributed by atoms with Crippen LogP contribution in [0.1, 0.15) is 11.3 Å². The lowest BCUT2D eigenvalue weighted by Gasteiger charge is -2.10. The summed E-state index contributed by atoms with van der Waals surface area (Å²) in [6.07, 6.45) is 0.893. The molecule has 0 saturated heterocycles. The highest BCUT2D eigenvalue weighted by Gasteiger charge is 2.22. The van der Waals surface area contributed by atoms with Crippen LogP contribution in [-0.4, -0.2) is 15.0 Å². The number of nitrogens with two attached hydrogens (primary N) is 1. The highest BCUT2D eigenvalue weighted by Crippen LogP contribution is 2.31. The molecule has 0 saturated carbocycles. The predicted molar refractivity (Wildman–Crippen MR) is 87.9 cm³/mol. The number of furan rings is 1. The van der Waals surface area contributed by atoms with Crippen molar-refractivity contribution in [3.8, 4) is 0 Å². The van der Waals surface area contributed by atoms with Gasteiger partial charge in [0.1, 0.15) is 11.3 Å². The summed E-state index contributed by atoms with van der Waals surface area (Å²) in [5, 5.41) is 4.25. The van der Waals surface area contributed by atoms with E-state index >= 15 is 0 Å². The third-order valence-corrected chi connectivity index (χ3v) is 5.91. The number of nitrogens with one attached hydrogen (secondary N) is 1. The summed E-state index contributed by atoms with van der Waals surface area (Å²) in [7, 11) is -3.61. The molecule has 0 fully saturated rings. The molecule has 6 heteroatoms. The van der Waals surface area contributed by atoms with Crippen LogP contribution in [0.4, 0.5) is 5.69 Å². The van der Waals surface area contributed by atoms with Gasteiger partial charge in [-0.2, -0.15) is 0 Å². The van der Waals surface area contributed by atoms with E-state index in [1.807, 2.05) is 6.07 Å². The minimum absolute atomic E-state index is 0.190. The zero-order chi connectivity index (χ0) is 16.0. The van der Waals surface area contributed by atoms with Crippen LogP contribution in [-0.2, 0) is 22.8 Å². The molecule has 1 aromatic heterocycles. The Morgan fingerprint density at radius 2 is 1.91 bits per heavy atom. The van der Waals surface area contributed by atoms with E-state index in [0.717, 1.165) is 24.1 Å². The van der Waals surface area contributed by atoms with Crippen molar-refractivity contribution in [2.75, 3.05) is 12.3 Å². The molecule has 1 aliphatic rings. The van der Waals surface area contributed by atoms with Gasteiger partial charge in [-0.05, 0) is 43.3 Å². The third-order valence-electron chi connectivity index (χ3n) is 4.16. The van der Waals surface area contributed by atoms with Crippen molar-refractivity contribution in [1.29, 1.82) is 0 Å². The topological polar surface area (TPSA) is 85.3 Å². The first-order chi connectivity index (χ1) is 11.1. The van der Waals surface area contributed by atoms with Crippen molar-refractivity contribution in [3.05, 3.63) is 53.8 Å². The van der Waals surface area contributed by atoms with E-state index in [2.05, 4.69) is 5.32 Å². The monoisotopic (exact) mass is 328 g/mol. The summed E-state index contributed by atoms with van der Waals surface area (Å²) < 4.78 is 31.4. The van der Waals surface area contributed by atoms with Gasteiger partial charge in [-0.15, -0.1) is 0 Å². The van der Waals surface area contributed by atoms with Crippen LogP contribution in [0.2, 0.25) is 0 Å². The molecule has 3 aromatic rings. The highest BCUT2D eigenvalue weighted by molar-refractivity contribution is 7.91. The first kappa shape index (κ1) is 14.3.